The largest absolute Gasteiger partial charge is 0.310 e. The SMILES string of the molecule is CCCNC(CCc1ccncc1)c1cc(Cl)ccc1Cl. The lowest BCUT2D eigenvalue weighted by Crippen LogP contribution is -2.23. The number of aromatic nitrogens is 1. The van der Waals surface area contributed by atoms with E-state index in [0.717, 1.165) is 41.4 Å². The summed E-state index contributed by atoms with van der Waals surface area (Å²) in [6.07, 6.45) is 6.70. The highest BCUT2D eigenvalue weighted by atomic mass is 35.5. The van der Waals surface area contributed by atoms with E-state index in [9.17, 15) is 0 Å². The van der Waals surface area contributed by atoms with E-state index >= 15 is 0 Å². The smallest absolute Gasteiger partial charge is 0.0454 e. The molecule has 0 spiro atoms. The van der Waals surface area contributed by atoms with Gasteiger partial charge in [0.25, 0.3) is 0 Å². The van der Waals surface area contributed by atoms with Crippen LogP contribution in [0.3, 0.4) is 0 Å². The summed E-state index contributed by atoms with van der Waals surface area (Å²) in [6.45, 7) is 3.12. The summed E-state index contributed by atoms with van der Waals surface area (Å²) in [5.74, 6) is 0. The number of pyridine rings is 1. The van der Waals surface area contributed by atoms with E-state index in [1.807, 2.05) is 30.6 Å². The first kappa shape index (κ1) is 16.3. The Balaban J connectivity index is 2.12. The fourth-order valence-electron chi connectivity index (χ4n) is 2.33. The van der Waals surface area contributed by atoms with E-state index in [4.69, 9.17) is 23.2 Å². The van der Waals surface area contributed by atoms with Crippen LogP contribution in [0.1, 0.15) is 36.9 Å². The number of hydrogen-bond acceptors (Lipinski definition) is 2. The Hall–Kier alpha value is -1.09. The highest BCUT2D eigenvalue weighted by Crippen LogP contribution is 2.29. The fourth-order valence-corrected chi connectivity index (χ4v) is 2.76. The number of nitrogens with one attached hydrogen (secondary N) is 1. The van der Waals surface area contributed by atoms with Crippen molar-refractivity contribution < 1.29 is 0 Å². The molecule has 0 aliphatic rings. The molecule has 0 aliphatic heterocycles. The Labute approximate surface area is 136 Å². The Bertz CT molecular complexity index is 558. The Morgan fingerprint density at radius 2 is 1.90 bits per heavy atom. The standard InChI is InChI=1S/C17H20Cl2N2/c1-2-9-21-17(6-3-13-7-10-20-11-8-13)15-12-14(18)4-5-16(15)19/h4-5,7-8,10-12,17,21H,2-3,6,9H2,1H3. The van der Waals surface area contributed by atoms with E-state index in [2.05, 4.69) is 29.4 Å². The van der Waals surface area contributed by atoms with Crippen LogP contribution in [0.15, 0.2) is 42.7 Å². The van der Waals surface area contributed by atoms with Crippen LogP contribution < -0.4 is 5.32 Å². The van der Waals surface area contributed by atoms with Gasteiger partial charge in [-0.2, -0.15) is 0 Å². The predicted molar refractivity (Wildman–Crippen MR) is 90.1 cm³/mol. The third-order valence-electron chi connectivity index (χ3n) is 3.45. The zero-order valence-electron chi connectivity index (χ0n) is 12.2. The first-order valence-corrected chi connectivity index (χ1v) is 8.03. The summed E-state index contributed by atoms with van der Waals surface area (Å²) in [4.78, 5) is 4.05. The topological polar surface area (TPSA) is 24.9 Å². The van der Waals surface area contributed by atoms with Crippen LogP contribution in [-0.4, -0.2) is 11.5 Å². The van der Waals surface area contributed by atoms with Crippen LogP contribution in [0.4, 0.5) is 0 Å². The molecule has 0 fully saturated rings. The third-order valence-corrected chi connectivity index (χ3v) is 4.02. The lowest BCUT2D eigenvalue weighted by atomic mass is 9.99. The maximum atomic E-state index is 6.34. The van der Waals surface area contributed by atoms with Crippen molar-refractivity contribution in [3.8, 4) is 0 Å². The molecular weight excluding hydrogens is 303 g/mol. The summed E-state index contributed by atoms with van der Waals surface area (Å²) in [5.41, 5.74) is 2.36. The normalized spacial score (nSPS) is 12.3. The molecule has 0 saturated carbocycles. The lowest BCUT2D eigenvalue weighted by Gasteiger charge is -2.20. The van der Waals surface area contributed by atoms with Gasteiger partial charge in [0.2, 0.25) is 0 Å². The van der Waals surface area contributed by atoms with E-state index in [1.54, 1.807) is 0 Å². The first-order chi connectivity index (χ1) is 10.2. The van der Waals surface area contributed by atoms with Crippen molar-refractivity contribution in [2.45, 2.75) is 32.2 Å². The molecule has 2 nitrogen and oxygen atoms in total. The van der Waals surface area contributed by atoms with Crippen molar-refractivity contribution in [3.63, 3.8) is 0 Å². The molecule has 1 atom stereocenters. The van der Waals surface area contributed by atoms with Crippen LogP contribution in [0.25, 0.3) is 0 Å². The quantitative estimate of drug-likeness (QED) is 0.770. The number of benzene rings is 1. The fraction of sp³-hybridized carbons (Fsp3) is 0.353. The number of aryl methyl sites for hydroxylation is 1. The monoisotopic (exact) mass is 322 g/mol. The van der Waals surface area contributed by atoms with Gasteiger partial charge in [0, 0.05) is 28.5 Å². The molecule has 0 bridgehead atoms. The number of nitrogens with zero attached hydrogens (tertiary/aromatic N) is 1. The minimum Gasteiger partial charge on any atom is -0.310 e. The third kappa shape index (κ3) is 4.99. The number of hydrogen-bond donors (Lipinski definition) is 1. The molecule has 21 heavy (non-hydrogen) atoms. The second-order valence-electron chi connectivity index (χ2n) is 5.07. The van der Waals surface area contributed by atoms with Crippen LogP contribution in [-0.2, 0) is 6.42 Å². The van der Waals surface area contributed by atoms with Crippen LogP contribution in [0, 0.1) is 0 Å². The summed E-state index contributed by atoms with van der Waals surface area (Å²) >= 11 is 12.5. The molecule has 1 heterocycles. The van der Waals surface area contributed by atoms with E-state index in [1.165, 1.54) is 5.56 Å². The second kappa shape index (κ2) is 8.38. The summed E-state index contributed by atoms with van der Waals surface area (Å²) in [5, 5.41) is 5.06. The molecule has 1 aromatic carbocycles. The molecule has 0 aliphatic carbocycles. The van der Waals surface area contributed by atoms with Gasteiger partial charge in [-0.1, -0.05) is 30.1 Å². The maximum absolute atomic E-state index is 6.34. The average molecular weight is 323 g/mol. The van der Waals surface area contributed by atoms with Gasteiger partial charge in [0.15, 0.2) is 0 Å². The molecule has 112 valence electrons. The summed E-state index contributed by atoms with van der Waals surface area (Å²) in [7, 11) is 0. The first-order valence-electron chi connectivity index (χ1n) is 7.28. The predicted octanol–water partition coefficient (Wildman–Crippen LogP) is 5.06. The average Bonchev–Trinajstić information content (AvgIpc) is 2.51. The Morgan fingerprint density at radius 1 is 1.14 bits per heavy atom. The highest BCUT2D eigenvalue weighted by molar-refractivity contribution is 6.33. The van der Waals surface area contributed by atoms with Crippen molar-refractivity contribution in [1.29, 1.82) is 0 Å². The van der Waals surface area contributed by atoms with Gasteiger partial charge >= 0.3 is 0 Å². The molecule has 0 amide bonds. The van der Waals surface area contributed by atoms with E-state index in [-0.39, 0.29) is 6.04 Å². The van der Waals surface area contributed by atoms with Gasteiger partial charge in [0.1, 0.15) is 0 Å². The maximum Gasteiger partial charge on any atom is 0.0454 e. The Kier molecular flexibility index (Phi) is 6.50. The van der Waals surface area contributed by atoms with Gasteiger partial charge in [-0.15, -0.1) is 0 Å². The molecule has 0 radical (unpaired) electrons. The molecule has 1 aromatic heterocycles. The molecule has 0 saturated heterocycles. The molecular formula is C17H20Cl2N2. The number of rotatable bonds is 7. The van der Waals surface area contributed by atoms with Crippen molar-refractivity contribution >= 4 is 23.2 Å². The summed E-state index contributed by atoms with van der Waals surface area (Å²) < 4.78 is 0. The van der Waals surface area contributed by atoms with Gasteiger partial charge in [-0.3, -0.25) is 4.98 Å². The van der Waals surface area contributed by atoms with E-state index < -0.39 is 0 Å². The van der Waals surface area contributed by atoms with Gasteiger partial charge in [0.05, 0.1) is 0 Å². The molecule has 4 heteroatoms. The molecule has 2 aromatic rings. The van der Waals surface area contributed by atoms with Crippen molar-refractivity contribution in [2.75, 3.05) is 6.54 Å². The van der Waals surface area contributed by atoms with Crippen molar-refractivity contribution in [3.05, 3.63) is 63.9 Å². The number of halogens is 2. The van der Waals surface area contributed by atoms with Crippen molar-refractivity contribution in [1.82, 2.24) is 10.3 Å². The summed E-state index contributed by atoms with van der Waals surface area (Å²) in [6, 6.07) is 9.97. The van der Waals surface area contributed by atoms with Gasteiger partial charge in [-0.05, 0) is 67.3 Å². The van der Waals surface area contributed by atoms with Crippen LogP contribution in [0.5, 0.6) is 0 Å². The van der Waals surface area contributed by atoms with Crippen LogP contribution in [0.2, 0.25) is 10.0 Å². The molecule has 2 rings (SSSR count). The van der Waals surface area contributed by atoms with Crippen LogP contribution >= 0.6 is 23.2 Å². The minimum atomic E-state index is 0.212. The van der Waals surface area contributed by atoms with Gasteiger partial charge < -0.3 is 5.32 Å². The zero-order valence-corrected chi connectivity index (χ0v) is 13.7. The zero-order chi connectivity index (χ0) is 15.1. The van der Waals surface area contributed by atoms with Crippen molar-refractivity contribution in [2.24, 2.45) is 0 Å². The molecule has 1 N–H and O–H groups in total. The van der Waals surface area contributed by atoms with Gasteiger partial charge in [-0.25, -0.2) is 0 Å². The highest BCUT2D eigenvalue weighted by Gasteiger charge is 2.14. The lowest BCUT2D eigenvalue weighted by molar-refractivity contribution is 0.499. The Morgan fingerprint density at radius 3 is 2.62 bits per heavy atom. The van der Waals surface area contributed by atoms with E-state index in [0.29, 0.717) is 0 Å². The minimum absolute atomic E-state index is 0.212. The second-order valence-corrected chi connectivity index (χ2v) is 5.91. The molecule has 1 unspecified atom stereocenters.